The maximum Gasteiger partial charge on any atom is 0.266 e. The highest BCUT2D eigenvalue weighted by Gasteiger charge is 2.78. The SMILES string of the molecule is COc1cc(C)c2c(c1Cl)OC1(C2=O)C2=C(C(=O)CC1C)[C@@H](C)C1C(=O)CC(C)C3(Oc4c(Cl)c(OC)cc(C)c4C3=O)[C@@]1(O)O2. The van der Waals surface area contributed by atoms with Gasteiger partial charge < -0.3 is 28.8 Å². The number of halogens is 2. The summed E-state index contributed by atoms with van der Waals surface area (Å²) in [6.07, 6.45) is -0.252. The number of ether oxygens (including phenoxy) is 5. The average Bonchev–Trinajstić information content (AvgIpc) is 3.49. The molecule has 46 heavy (non-hydrogen) atoms. The zero-order valence-electron chi connectivity index (χ0n) is 26.3. The molecule has 3 heterocycles. The van der Waals surface area contributed by atoms with Gasteiger partial charge in [0.05, 0.1) is 31.3 Å². The Bertz CT molecular complexity index is 1860. The van der Waals surface area contributed by atoms with Gasteiger partial charge in [-0.1, -0.05) is 44.0 Å². The molecule has 2 aliphatic carbocycles. The van der Waals surface area contributed by atoms with Crippen molar-refractivity contribution in [2.24, 2.45) is 23.7 Å². The number of ketones is 4. The van der Waals surface area contributed by atoms with Gasteiger partial charge in [0.1, 0.15) is 27.3 Å². The summed E-state index contributed by atoms with van der Waals surface area (Å²) >= 11 is 13.3. The Balaban J connectivity index is 1.47. The van der Waals surface area contributed by atoms with E-state index in [1.807, 2.05) is 0 Å². The summed E-state index contributed by atoms with van der Waals surface area (Å²) in [6.45, 7) is 8.28. The van der Waals surface area contributed by atoms with Crippen molar-refractivity contribution in [3.63, 3.8) is 0 Å². The van der Waals surface area contributed by atoms with Gasteiger partial charge in [-0.2, -0.15) is 0 Å². The van der Waals surface area contributed by atoms with Crippen LogP contribution in [0.3, 0.4) is 0 Å². The minimum atomic E-state index is -2.68. The average molecular weight is 672 g/mol. The number of rotatable bonds is 2. The third-order valence-corrected chi connectivity index (χ3v) is 11.4. The van der Waals surface area contributed by atoms with Crippen LogP contribution in [0.25, 0.3) is 0 Å². The van der Waals surface area contributed by atoms with Crippen LogP contribution >= 0.6 is 23.2 Å². The summed E-state index contributed by atoms with van der Waals surface area (Å²) in [5.74, 6) is -8.39. The first-order valence-electron chi connectivity index (χ1n) is 15.1. The van der Waals surface area contributed by atoms with Crippen LogP contribution in [-0.2, 0) is 14.3 Å². The van der Waals surface area contributed by atoms with E-state index >= 15 is 0 Å². The fourth-order valence-corrected chi connectivity index (χ4v) is 9.00. The lowest BCUT2D eigenvalue weighted by atomic mass is 9.57. The molecule has 10 nitrogen and oxygen atoms in total. The number of aryl methyl sites for hydroxylation is 2. The lowest BCUT2D eigenvalue weighted by molar-refractivity contribution is -0.315. The Hall–Kier alpha value is -3.60. The van der Waals surface area contributed by atoms with E-state index in [1.165, 1.54) is 14.2 Å². The van der Waals surface area contributed by atoms with Gasteiger partial charge in [-0.25, -0.2) is 0 Å². The van der Waals surface area contributed by atoms with Crippen molar-refractivity contribution < 1.29 is 48.0 Å². The van der Waals surface area contributed by atoms with Crippen LogP contribution in [0.5, 0.6) is 23.0 Å². The molecule has 0 saturated heterocycles. The van der Waals surface area contributed by atoms with Crippen LogP contribution in [-0.4, -0.2) is 59.4 Å². The lowest BCUT2D eigenvalue weighted by Gasteiger charge is -2.57. The molecule has 1 N–H and O–H groups in total. The molecule has 3 aliphatic heterocycles. The van der Waals surface area contributed by atoms with Gasteiger partial charge in [0.2, 0.25) is 22.8 Å². The monoisotopic (exact) mass is 670 g/mol. The Morgan fingerprint density at radius 2 is 1.35 bits per heavy atom. The van der Waals surface area contributed by atoms with Crippen LogP contribution in [0, 0.1) is 37.5 Å². The van der Waals surface area contributed by atoms with Gasteiger partial charge in [0, 0.05) is 36.2 Å². The number of hydrogen-bond acceptors (Lipinski definition) is 10. The summed E-state index contributed by atoms with van der Waals surface area (Å²) in [5, 5.41) is 13.0. The molecule has 7 atom stereocenters. The fourth-order valence-electron chi connectivity index (χ4n) is 8.47. The number of Topliss-reactive ketones (excluding diaryl/α,β-unsaturated/α-hetero) is 4. The van der Waals surface area contributed by atoms with Crippen LogP contribution < -0.4 is 18.9 Å². The lowest BCUT2D eigenvalue weighted by Crippen LogP contribution is -2.76. The quantitative estimate of drug-likeness (QED) is 0.443. The summed E-state index contributed by atoms with van der Waals surface area (Å²) in [6, 6.07) is 3.20. The second kappa shape index (κ2) is 9.71. The molecule has 7 rings (SSSR count). The van der Waals surface area contributed by atoms with Crippen molar-refractivity contribution in [2.45, 2.75) is 64.4 Å². The number of fused-ring (bicyclic) bond motifs is 5. The summed E-state index contributed by atoms with van der Waals surface area (Å²) < 4.78 is 30.3. The third kappa shape index (κ3) is 3.37. The van der Waals surface area contributed by atoms with E-state index in [2.05, 4.69) is 0 Å². The number of methoxy groups -OCH3 is 2. The van der Waals surface area contributed by atoms with E-state index in [0.717, 1.165) is 0 Å². The molecule has 242 valence electrons. The number of hydrogen-bond donors (Lipinski definition) is 1. The molecule has 0 bridgehead atoms. The molecule has 0 amide bonds. The van der Waals surface area contributed by atoms with E-state index in [1.54, 1.807) is 46.8 Å². The number of aliphatic hydroxyl groups is 1. The van der Waals surface area contributed by atoms with Crippen LogP contribution in [0.15, 0.2) is 23.5 Å². The van der Waals surface area contributed by atoms with Crippen molar-refractivity contribution in [1.29, 1.82) is 0 Å². The van der Waals surface area contributed by atoms with E-state index in [0.29, 0.717) is 11.1 Å². The number of benzene rings is 2. The normalized spacial score (nSPS) is 34.1. The molecule has 2 spiro atoms. The molecule has 1 fully saturated rings. The zero-order chi connectivity index (χ0) is 33.4. The largest absolute Gasteiger partial charge is 0.495 e. The number of carbonyl (C=O) groups is 4. The zero-order valence-corrected chi connectivity index (χ0v) is 27.8. The van der Waals surface area contributed by atoms with Crippen LogP contribution in [0.2, 0.25) is 10.0 Å². The summed E-state index contributed by atoms with van der Waals surface area (Å²) in [5.41, 5.74) is -2.78. The second-order valence-corrected chi connectivity index (χ2v) is 13.8. The van der Waals surface area contributed by atoms with Crippen molar-refractivity contribution >= 4 is 46.3 Å². The van der Waals surface area contributed by atoms with Crippen molar-refractivity contribution in [1.82, 2.24) is 0 Å². The van der Waals surface area contributed by atoms with Gasteiger partial charge in [0.15, 0.2) is 23.0 Å². The van der Waals surface area contributed by atoms with Gasteiger partial charge in [-0.15, -0.1) is 0 Å². The maximum absolute atomic E-state index is 14.6. The Morgan fingerprint density at radius 1 is 0.804 bits per heavy atom. The molecule has 5 aliphatic rings. The Kier molecular flexibility index (Phi) is 6.55. The first-order valence-corrected chi connectivity index (χ1v) is 15.8. The molecule has 12 heteroatoms. The molecule has 5 unspecified atom stereocenters. The highest BCUT2D eigenvalue weighted by molar-refractivity contribution is 6.35. The highest BCUT2D eigenvalue weighted by Crippen LogP contribution is 2.63. The van der Waals surface area contributed by atoms with E-state index < -0.39 is 58.0 Å². The first kappa shape index (κ1) is 31.0. The Morgan fingerprint density at radius 3 is 1.91 bits per heavy atom. The van der Waals surface area contributed by atoms with E-state index in [-0.39, 0.29) is 74.1 Å². The topological polar surface area (TPSA) is 135 Å². The maximum atomic E-state index is 14.6. The Labute approximate surface area is 274 Å². The number of allylic oxidation sites excluding steroid dienone is 1. The highest BCUT2D eigenvalue weighted by atomic mass is 35.5. The van der Waals surface area contributed by atoms with Crippen LogP contribution in [0.4, 0.5) is 0 Å². The minimum absolute atomic E-state index is 0.00850. The van der Waals surface area contributed by atoms with Crippen molar-refractivity contribution in [3.05, 3.63) is 55.8 Å². The molecule has 1 saturated carbocycles. The van der Waals surface area contributed by atoms with E-state index in [9.17, 15) is 24.3 Å². The predicted octanol–water partition coefficient (Wildman–Crippen LogP) is 5.40. The van der Waals surface area contributed by atoms with Crippen molar-refractivity contribution in [2.75, 3.05) is 14.2 Å². The van der Waals surface area contributed by atoms with Gasteiger partial charge >= 0.3 is 0 Å². The van der Waals surface area contributed by atoms with Crippen molar-refractivity contribution in [3.8, 4) is 23.0 Å². The predicted molar refractivity (Wildman–Crippen MR) is 164 cm³/mol. The molecular weight excluding hydrogens is 639 g/mol. The standard InChI is InChI=1S/C34H32Cl2O10/c1-12-8-19(42-6)25(35)27-21(12)29(39)32(44-27)14(3)10-17(37)23-16(5)24-18(38)11-15(4)33(34(24,41)46-31(23)32)30(40)22-13(2)9-20(43-7)26(36)28(22)45-33/h8-9,14-16,24,41H,10-11H2,1-7H3/t14?,15?,16-,24?,32?,33?,34+/m1/s1. The number of carbonyl (C=O) groups excluding carboxylic acids is 4. The molecule has 2 aromatic carbocycles. The molecule has 0 aromatic heterocycles. The second-order valence-electron chi connectivity index (χ2n) is 13.1. The van der Waals surface area contributed by atoms with E-state index in [4.69, 9.17) is 46.9 Å². The summed E-state index contributed by atoms with van der Waals surface area (Å²) in [4.78, 5) is 56.9. The molecular formula is C34H32Cl2O10. The smallest absolute Gasteiger partial charge is 0.266 e. The molecule has 0 radical (unpaired) electrons. The minimum Gasteiger partial charge on any atom is -0.495 e. The van der Waals surface area contributed by atoms with Gasteiger partial charge in [-0.05, 0) is 37.1 Å². The summed E-state index contributed by atoms with van der Waals surface area (Å²) in [7, 11) is 2.86. The van der Waals surface area contributed by atoms with Crippen LogP contribution in [0.1, 0.15) is 65.5 Å². The van der Waals surface area contributed by atoms with Gasteiger partial charge in [0.25, 0.3) is 5.79 Å². The fraction of sp³-hybridized carbons (Fsp3) is 0.471. The van der Waals surface area contributed by atoms with Gasteiger partial charge in [-0.3, -0.25) is 19.2 Å². The first-order chi connectivity index (χ1) is 21.6. The molecule has 2 aromatic rings. The third-order valence-electron chi connectivity index (χ3n) is 10.6.